The summed E-state index contributed by atoms with van der Waals surface area (Å²) in [5.74, 6) is 0.607. The highest BCUT2D eigenvalue weighted by atomic mass is 79.9. The molecule has 1 atom stereocenters. The molecule has 0 bridgehead atoms. The molecule has 1 unspecified atom stereocenters. The van der Waals surface area contributed by atoms with E-state index in [9.17, 15) is 4.79 Å². The number of anilines is 1. The molecule has 1 aliphatic heterocycles. The highest BCUT2D eigenvalue weighted by molar-refractivity contribution is 9.10. The number of amides is 1. The van der Waals surface area contributed by atoms with Crippen LogP contribution in [0, 0.1) is 0 Å². The van der Waals surface area contributed by atoms with Gasteiger partial charge in [0, 0.05) is 11.8 Å². The van der Waals surface area contributed by atoms with Crippen molar-refractivity contribution in [2.24, 2.45) is 0 Å². The van der Waals surface area contributed by atoms with Crippen LogP contribution in [0.3, 0.4) is 0 Å². The SMILES string of the molecule is Bc1cnc2c(c1)C(C)(Br)C(=O)N2. The first-order valence-electron chi connectivity index (χ1n) is 3.99. The second-order valence-corrected chi connectivity index (χ2v) is 4.95. The van der Waals surface area contributed by atoms with Gasteiger partial charge in [0.05, 0.1) is 0 Å². The van der Waals surface area contributed by atoms with Gasteiger partial charge < -0.3 is 5.32 Å². The highest BCUT2D eigenvalue weighted by Gasteiger charge is 2.41. The summed E-state index contributed by atoms with van der Waals surface area (Å²) in [7, 11) is 1.96. The summed E-state index contributed by atoms with van der Waals surface area (Å²) in [6, 6.07) is 1.97. The van der Waals surface area contributed by atoms with Gasteiger partial charge >= 0.3 is 0 Å². The molecule has 5 heteroatoms. The number of hydrogen-bond donors (Lipinski definition) is 1. The van der Waals surface area contributed by atoms with Gasteiger partial charge in [-0.2, -0.15) is 0 Å². The number of aromatic nitrogens is 1. The topological polar surface area (TPSA) is 42.0 Å². The van der Waals surface area contributed by atoms with Crippen molar-refractivity contribution in [1.82, 2.24) is 4.98 Å². The molecule has 0 saturated heterocycles. The number of carbonyl (C=O) groups excluding carboxylic acids is 1. The Hall–Kier alpha value is -0.835. The van der Waals surface area contributed by atoms with E-state index >= 15 is 0 Å². The standard InChI is InChI=1S/C8H8BBrN2O/c1-8(10)5-2-4(9)3-11-6(5)12-7(8)13/h2-3H,9H2,1H3,(H,11,12,13). The van der Waals surface area contributed by atoms with Crippen LogP contribution >= 0.6 is 15.9 Å². The summed E-state index contributed by atoms with van der Waals surface area (Å²) in [5.41, 5.74) is 1.97. The number of nitrogens with zero attached hydrogens (tertiary/aromatic N) is 1. The predicted molar refractivity (Wildman–Crippen MR) is 57.3 cm³/mol. The average molecular weight is 239 g/mol. The van der Waals surface area contributed by atoms with Gasteiger partial charge in [0.25, 0.3) is 0 Å². The largest absolute Gasteiger partial charge is 0.309 e. The fourth-order valence-corrected chi connectivity index (χ4v) is 1.78. The molecule has 1 aromatic rings. The lowest BCUT2D eigenvalue weighted by Crippen LogP contribution is -2.24. The van der Waals surface area contributed by atoms with E-state index in [2.05, 4.69) is 26.2 Å². The molecule has 0 fully saturated rings. The molecule has 2 rings (SSSR count). The molecule has 0 radical (unpaired) electrons. The van der Waals surface area contributed by atoms with Crippen LogP contribution in [0.4, 0.5) is 5.82 Å². The van der Waals surface area contributed by atoms with Crippen molar-refractivity contribution in [2.45, 2.75) is 11.2 Å². The van der Waals surface area contributed by atoms with Gasteiger partial charge in [0.2, 0.25) is 5.91 Å². The van der Waals surface area contributed by atoms with E-state index in [1.165, 1.54) is 0 Å². The van der Waals surface area contributed by atoms with Crippen LogP contribution in [0.15, 0.2) is 12.3 Å². The summed E-state index contributed by atoms with van der Waals surface area (Å²) < 4.78 is -0.624. The van der Waals surface area contributed by atoms with Crippen molar-refractivity contribution in [3.05, 3.63) is 17.8 Å². The van der Waals surface area contributed by atoms with E-state index in [1.54, 1.807) is 6.20 Å². The molecule has 0 aromatic carbocycles. The van der Waals surface area contributed by atoms with Crippen molar-refractivity contribution in [3.63, 3.8) is 0 Å². The number of halogens is 1. The van der Waals surface area contributed by atoms with Crippen LogP contribution in [0.5, 0.6) is 0 Å². The second kappa shape index (κ2) is 2.58. The van der Waals surface area contributed by atoms with Crippen molar-refractivity contribution in [3.8, 4) is 0 Å². The molecule has 0 aliphatic carbocycles. The first-order valence-corrected chi connectivity index (χ1v) is 4.78. The summed E-state index contributed by atoms with van der Waals surface area (Å²) in [5, 5.41) is 2.72. The zero-order valence-electron chi connectivity index (χ0n) is 7.39. The van der Waals surface area contributed by atoms with Crippen molar-refractivity contribution in [1.29, 1.82) is 0 Å². The smallest absolute Gasteiger partial charge is 0.246 e. The van der Waals surface area contributed by atoms with E-state index < -0.39 is 4.32 Å². The number of rotatable bonds is 0. The maximum Gasteiger partial charge on any atom is 0.246 e. The molecule has 0 spiro atoms. The molecule has 13 heavy (non-hydrogen) atoms. The molecule has 1 amide bonds. The quantitative estimate of drug-likeness (QED) is 0.507. The third-order valence-electron chi connectivity index (χ3n) is 2.19. The number of hydrogen-bond acceptors (Lipinski definition) is 2. The summed E-state index contributed by atoms with van der Waals surface area (Å²) >= 11 is 3.39. The van der Waals surface area contributed by atoms with E-state index in [1.807, 2.05) is 20.8 Å². The zero-order valence-corrected chi connectivity index (χ0v) is 8.97. The lowest BCUT2D eigenvalue weighted by molar-refractivity contribution is -0.117. The van der Waals surface area contributed by atoms with Crippen LogP contribution in [0.2, 0.25) is 0 Å². The fourth-order valence-electron chi connectivity index (χ4n) is 1.37. The van der Waals surface area contributed by atoms with Crippen LogP contribution < -0.4 is 10.8 Å². The fraction of sp³-hybridized carbons (Fsp3) is 0.250. The molecular formula is C8H8BBrN2O. The number of pyridine rings is 1. The Kier molecular flexibility index (Phi) is 1.73. The van der Waals surface area contributed by atoms with Crippen molar-refractivity contribution >= 4 is 41.0 Å². The normalized spacial score (nSPS) is 25.5. The van der Waals surface area contributed by atoms with E-state index in [0.29, 0.717) is 5.82 Å². The third-order valence-corrected chi connectivity index (χ3v) is 2.98. The number of fused-ring (bicyclic) bond motifs is 1. The van der Waals surface area contributed by atoms with Gasteiger partial charge in [-0.3, -0.25) is 4.79 Å². The minimum absolute atomic E-state index is 0.0550. The van der Waals surface area contributed by atoms with Gasteiger partial charge in [-0.1, -0.05) is 27.5 Å². The first-order chi connectivity index (χ1) is 6.01. The average Bonchev–Trinajstić information content (AvgIpc) is 2.27. The predicted octanol–water partition coefficient (Wildman–Crippen LogP) is -0.0978. The highest BCUT2D eigenvalue weighted by Crippen LogP contribution is 2.40. The van der Waals surface area contributed by atoms with E-state index in [-0.39, 0.29) is 5.91 Å². The Morgan fingerprint density at radius 3 is 3.08 bits per heavy atom. The lowest BCUT2D eigenvalue weighted by Gasteiger charge is -2.12. The molecule has 0 saturated carbocycles. The molecule has 66 valence electrons. The monoisotopic (exact) mass is 238 g/mol. The molecule has 3 nitrogen and oxygen atoms in total. The lowest BCUT2D eigenvalue weighted by atomic mass is 9.94. The minimum atomic E-state index is -0.624. The van der Waals surface area contributed by atoms with Crippen LogP contribution in [-0.2, 0) is 9.12 Å². The molecule has 2 heterocycles. The van der Waals surface area contributed by atoms with Crippen molar-refractivity contribution in [2.75, 3.05) is 5.32 Å². The maximum atomic E-state index is 11.5. The van der Waals surface area contributed by atoms with Crippen LogP contribution in [0.25, 0.3) is 0 Å². The van der Waals surface area contributed by atoms with Gasteiger partial charge in [0.15, 0.2) is 0 Å². The Labute approximate surface area is 85.5 Å². The molecule has 1 aromatic heterocycles. The molecule has 1 aliphatic rings. The molecule has 1 N–H and O–H groups in total. The number of carbonyl (C=O) groups is 1. The number of nitrogens with one attached hydrogen (secondary N) is 1. The Morgan fingerprint density at radius 2 is 2.38 bits per heavy atom. The minimum Gasteiger partial charge on any atom is -0.309 e. The Morgan fingerprint density at radius 1 is 1.69 bits per heavy atom. The second-order valence-electron chi connectivity index (χ2n) is 3.37. The molecular weight excluding hydrogens is 231 g/mol. The zero-order chi connectivity index (χ0) is 9.64. The van der Waals surface area contributed by atoms with Gasteiger partial charge in [0.1, 0.15) is 18.0 Å². The van der Waals surface area contributed by atoms with Crippen molar-refractivity contribution < 1.29 is 4.79 Å². The Balaban J connectivity index is 2.64. The third kappa shape index (κ3) is 1.18. The Bertz CT molecular complexity index is 392. The number of alkyl halides is 1. The van der Waals surface area contributed by atoms with Crippen LogP contribution in [0.1, 0.15) is 12.5 Å². The van der Waals surface area contributed by atoms with E-state index in [4.69, 9.17) is 0 Å². The van der Waals surface area contributed by atoms with Gasteiger partial charge in [-0.15, -0.1) is 0 Å². The summed E-state index contributed by atoms with van der Waals surface area (Å²) in [6.45, 7) is 1.83. The summed E-state index contributed by atoms with van der Waals surface area (Å²) in [4.78, 5) is 15.6. The maximum absolute atomic E-state index is 11.5. The van der Waals surface area contributed by atoms with E-state index in [0.717, 1.165) is 11.0 Å². The van der Waals surface area contributed by atoms with Gasteiger partial charge in [-0.25, -0.2) is 4.98 Å². The first kappa shape index (κ1) is 8.75. The van der Waals surface area contributed by atoms with Crippen LogP contribution in [-0.4, -0.2) is 18.7 Å². The summed E-state index contributed by atoms with van der Waals surface area (Å²) in [6.07, 6.45) is 1.74. The van der Waals surface area contributed by atoms with Gasteiger partial charge in [-0.05, 0) is 6.92 Å².